The Morgan fingerprint density at radius 1 is 1.43 bits per heavy atom. The first-order valence-corrected chi connectivity index (χ1v) is 4.50. The lowest BCUT2D eigenvalue weighted by Gasteiger charge is -2.13. The first-order valence-electron chi connectivity index (χ1n) is 4.50. The fourth-order valence-electron chi connectivity index (χ4n) is 1.74. The highest BCUT2D eigenvalue weighted by molar-refractivity contribution is 5.97. The Hall–Kier alpha value is -1.77. The Labute approximate surface area is 81.9 Å². The molecule has 0 heterocycles. The number of nitrogens with two attached hydrogens (primary N) is 1. The van der Waals surface area contributed by atoms with Gasteiger partial charge in [-0.25, -0.2) is 0 Å². The number of allylic oxidation sites excluding steroid dienone is 1. The van der Waals surface area contributed by atoms with Gasteiger partial charge in [0, 0.05) is 0 Å². The van der Waals surface area contributed by atoms with Crippen LogP contribution in [0.3, 0.4) is 0 Å². The van der Waals surface area contributed by atoms with Gasteiger partial charge in [0.15, 0.2) is 0 Å². The predicted octanol–water partition coefficient (Wildman–Crippen LogP) is 1.45. The SMILES string of the molecule is NC(=O)c1cc(O)cc2c1C=CCC2. The second-order valence-electron chi connectivity index (χ2n) is 3.37. The van der Waals surface area contributed by atoms with Crippen molar-refractivity contribution < 1.29 is 9.90 Å². The minimum atomic E-state index is -0.497. The molecule has 1 aromatic rings. The molecule has 0 aliphatic heterocycles. The lowest BCUT2D eigenvalue weighted by atomic mass is 9.92. The Bertz CT molecular complexity index is 422. The zero-order chi connectivity index (χ0) is 10.1. The fourth-order valence-corrected chi connectivity index (χ4v) is 1.74. The summed E-state index contributed by atoms with van der Waals surface area (Å²) in [7, 11) is 0. The molecule has 0 aromatic heterocycles. The van der Waals surface area contributed by atoms with E-state index in [-0.39, 0.29) is 5.75 Å². The Kier molecular flexibility index (Phi) is 2.00. The van der Waals surface area contributed by atoms with E-state index in [4.69, 9.17) is 5.73 Å². The molecule has 3 heteroatoms. The van der Waals surface area contributed by atoms with E-state index in [1.54, 1.807) is 6.07 Å². The number of benzene rings is 1. The molecule has 3 N–H and O–H groups in total. The number of phenols is 1. The average Bonchev–Trinajstić information content (AvgIpc) is 2.16. The third-order valence-corrected chi connectivity index (χ3v) is 2.38. The van der Waals surface area contributed by atoms with Gasteiger partial charge in [-0.3, -0.25) is 4.79 Å². The smallest absolute Gasteiger partial charge is 0.249 e. The summed E-state index contributed by atoms with van der Waals surface area (Å²) in [6.07, 6.45) is 5.68. The summed E-state index contributed by atoms with van der Waals surface area (Å²) in [5, 5.41) is 9.39. The molecule has 0 saturated carbocycles. The van der Waals surface area contributed by atoms with Crippen LogP contribution >= 0.6 is 0 Å². The van der Waals surface area contributed by atoms with Crippen molar-refractivity contribution in [1.82, 2.24) is 0 Å². The number of hydrogen-bond donors (Lipinski definition) is 2. The van der Waals surface area contributed by atoms with Crippen LogP contribution in [0.15, 0.2) is 18.2 Å². The number of rotatable bonds is 1. The quantitative estimate of drug-likeness (QED) is 0.702. The first kappa shape index (κ1) is 8.81. The van der Waals surface area contributed by atoms with Crippen molar-refractivity contribution in [2.45, 2.75) is 12.8 Å². The van der Waals surface area contributed by atoms with Crippen LogP contribution in [-0.2, 0) is 6.42 Å². The zero-order valence-electron chi connectivity index (χ0n) is 7.66. The molecule has 0 spiro atoms. The van der Waals surface area contributed by atoms with Crippen LogP contribution in [0.1, 0.15) is 27.9 Å². The highest BCUT2D eigenvalue weighted by Gasteiger charge is 2.14. The molecule has 1 aliphatic carbocycles. The van der Waals surface area contributed by atoms with Crippen molar-refractivity contribution in [2.75, 3.05) is 0 Å². The van der Waals surface area contributed by atoms with E-state index in [1.165, 1.54) is 6.07 Å². The second kappa shape index (κ2) is 3.18. The van der Waals surface area contributed by atoms with Gasteiger partial charge in [0.2, 0.25) is 5.91 Å². The highest BCUT2D eigenvalue weighted by atomic mass is 16.3. The largest absolute Gasteiger partial charge is 0.508 e. The van der Waals surface area contributed by atoms with E-state index in [2.05, 4.69) is 0 Å². The van der Waals surface area contributed by atoms with Gasteiger partial charge >= 0.3 is 0 Å². The topological polar surface area (TPSA) is 63.3 Å². The van der Waals surface area contributed by atoms with E-state index in [1.807, 2.05) is 12.2 Å². The van der Waals surface area contributed by atoms with Crippen molar-refractivity contribution in [3.63, 3.8) is 0 Å². The van der Waals surface area contributed by atoms with Gasteiger partial charge in [-0.15, -0.1) is 0 Å². The molecule has 1 amide bonds. The molecule has 1 aliphatic rings. The van der Waals surface area contributed by atoms with Gasteiger partial charge in [-0.2, -0.15) is 0 Å². The molecular weight excluding hydrogens is 178 g/mol. The second-order valence-corrected chi connectivity index (χ2v) is 3.37. The van der Waals surface area contributed by atoms with Crippen molar-refractivity contribution >= 4 is 12.0 Å². The number of hydrogen-bond acceptors (Lipinski definition) is 2. The fraction of sp³-hybridized carbons (Fsp3) is 0.182. The molecule has 72 valence electrons. The summed E-state index contributed by atoms with van der Waals surface area (Å²) >= 11 is 0. The number of fused-ring (bicyclic) bond motifs is 1. The Morgan fingerprint density at radius 3 is 2.93 bits per heavy atom. The normalized spacial score (nSPS) is 13.7. The predicted molar refractivity (Wildman–Crippen MR) is 54.0 cm³/mol. The Morgan fingerprint density at radius 2 is 2.21 bits per heavy atom. The summed E-state index contributed by atoms with van der Waals surface area (Å²) in [5.41, 5.74) is 7.46. The lowest BCUT2D eigenvalue weighted by Crippen LogP contribution is -2.14. The molecule has 1 aromatic carbocycles. The summed E-state index contributed by atoms with van der Waals surface area (Å²) < 4.78 is 0. The summed E-state index contributed by atoms with van der Waals surface area (Å²) in [4.78, 5) is 11.1. The van der Waals surface area contributed by atoms with Gasteiger partial charge in [-0.1, -0.05) is 12.2 Å². The van der Waals surface area contributed by atoms with Crippen LogP contribution in [0.2, 0.25) is 0 Å². The van der Waals surface area contributed by atoms with E-state index < -0.39 is 5.91 Å². The Balaban J connectivity index is 2.66. The monoisotopic (exact) mass is 189 g/mol. The molecule has 0 radical (unpaired) electrons. The van der Waals surface area contributed by atoms with Crippen LogP contribution in [-0.4, -0.2) is 11.0 Å². The van der Waals surface area contributed by atoms with E-state index in [9.17, 15) is 9.90 Å². The molecule has 14 heavy (non-hydrogen) atoms. The number of phenolic OH excluding ortho intramolecular Hbond substituents is 1. The van der Waals surface area contributed by atoms with Crippen LogP contribution in [0, 0.1) is 0 Å². The van der Waals surface area contributed by atoms with Crippen LogP contribution in [0.4, 0.5) is 0 Å². The van der Waals surface area contributed by atoms with Gasteiger partial charge < -0.3 is 10.8 Å². The number of carbonyl (C=O) groups excluding carboxylic acids is 1. The molecule has 0 saturated heterocycles. The van der Waals surface area contributed by atoms with Crippen LogP contribution in [0.25, 0.3) is 6.08 Å². The third-order valence-electron chi connectivity index (χ3n) is 2.38. The average molecular weight is 189 g/mol. The molecule has 0 unspecified atom stereocenters. The van der Waals surface area contributed by atoms with Gasteiger partial charge in [0.1, 0.15) is 5.75 Å². The van der Waals surface area contributed by atoms with E-state index in [0.29, 0.717) is 5.56 Å². The van der Waals surface area contributed by atoms with Crippen LogP contribution < -0.4 is 5.73 Å². The summed E-state index contributed by atoms with van der Waals surface area (Å²) in [6, 6.07) is 3.10. The van der Waals surface area contributed by atoms with Crippen molar-refractivity contribution in [1.29, 1.82) is 0 Å². The molecular formula is C11H11NO2. The van der Waals surface area contributed by atoms with E-state index >= 15 is 0 Å². The summed E-state index contributed by atoms with van der Waals surface area (Å²) in [6.45, 7) is 0. The molecule has 0 bridgehead atoms. The van der Waals surface area contributed by atoms with Gasteiger partial charge in [0.05, 0.1) is 5.56 Å². The third kappa shape index (κ3) is 1.37. The maximum absolute atomic E-state index is 11.1. The molecule has 3 nitrogen and oxygen atoms in total. The van der Waals surface area contributed by atoms with Crippen molar-refractivity contribution in [3.8, 4) is 5.75 Å². The number of amides is 1. The molecule has 0 fully saturated rings. The molecule has 2 rings (SSSR count). The summed E-state index contributed by atoms with van der Waals surface area (Å²) in [5.74, 6) is -0.392. The van der Waals surface area contributed by atoms with Gasteiger partial charge in [0.25, 0.3) is 0 Å². The lowest BCUT2D eigenvalue weighted by molar-refractivity contribution is 0.0999. The number of aryl methyl sites for hydroxylation is 1. The van der Waals surface area contributed by atoms with Gasteiger partial charge in [-0.05, 0) is 36.1 Å². The first-order chi connectivity index (χ1) is 6.68. The number of aromatic hydroxyl groups is 1. The number of primary amides is 1. The van der Waals surface area contributed by atoms with Crippen LogP contribution in [0.5, 0.6) is 5.75 Å². The maximum Gasteiger partial charge on any atom is 0.249 e. The minimum Gasteiger partial charge on any atom is -0.508 e. The highest BCUT2D eigenvalue weighted by Crippen LogP contribution is 2.27. The minimum absolute atomic E-state index is 0.104. The maximum atomic E-state index is 11.1. The zero-order valence-corrected chi connectivity index (χ0v) is 7.66. The number of carbonyl (C=O) groups is 1. The van der Waals surface area contributed by atoms with Crippen molar-refractivity contribution in [2.24, 2.45) is 5.73 Å². The standard InChI is InChI=1S/C11H11NO2/c12-11(14)10-6-8(13)5-7-3-1-2-4-9(7)10/h2,4-6,13H,1,3H2,(H2,12,14). The van der Waals surface area contributed by atoms with E-state index in [0.717, 1.165) is 24.0 Å². The van der Waals surface area contributed by atoms with Crippen molar-refractivity contribution in [3.05, 3.63) is 34.9 Å². The molecule has 0 atom stereocenters.